The Hall–Kier alpha value is -1.42. The topological polar surface area (TPSA) is 38.3 Å². The van der Waals surface area contributed by atoms with Gasteiger partial charge in [-0.2, -0.15) is 0 Å². The van der Waals surface area contributed by atoms with E-state index in [-0.39, 0.29) is 19.1 Å². The second kappa shape index (κ2) is 5.48. The van der Waals surface area contributed by atoms with Crippen LogP contribution in [-0.4, -0.2) is 31.3 Å². The normalized spacial score (nSPS) is 27.1. The van der Waals surface area contributed by atoms with Gasteiger partial charge in [-0.15, -0.1) is 0 Å². The van der Waals surface area contributed by atoms with Crippen molar-refractivity contribution in [3.05, 3.63) is 35.9 Å². The molecule has 0 unspecified atom stereocenters. The van der Waals surface area contributed by atoms with Gasteiger partial charge >= 0.3 is 5.97 Å². The molecule has 1 N–H and O–H groups in total. The van der Waals surface area contributed by atoms with Gasteiger partial charge in [-0.1, -0.05) is 30.3 Å². The number of esters is 1. The van der Waals surface area contributed by atoms with E-state index in [4.69, 9.17) is 4.74 Å². The van der Waals surface area contributed by atoms with Crippen LogP contribution in [0.2, 0.25) is 0 Å². The highest BCUT2D eigenvalue weighted by Gasteiger charge is 2.51. The molecule has 0 saturated carbocycles. The second-order valence-corrected chi connectivity index (χ2v) is 4.60. The zero-order valence-electron chi connectivity index (χ0n) is 10.5. The predicted molar refractivity (Wildman–Crippen MR) is 67.0 cm³/mol. The summed E-state index contributed by atoms with van der Waals surface area (Å²) in [6.07, 6.45) is 0.545. The zero-order chi connectivity index (χ0) is 13.0. The van der Waals surface area contributed by atoms with Crippen LogP contribution in [0.4, 0.5) is 4.39 Å². The molecule has 0 radical (unpaired) electrons. The number of rotatable bonds is 4. The van der Waals surface area contributed by atoms with Gasteiger partial charge in [-0.3, -0.25) is 0 Å². The van der Waals surface area contributed by atoms with Crippen LogP contribution in [-0.2, 0) is 16.0 Å². The Balaban J connectivity index is 2.10. The summed E-state index contributed by atoms with van der Waals surface area (Å²) in [5.74, 6) is -1.10. The standard InChI is InChI=1S/C14H18FNO2/c1-2-18-13(17)14(15)10-16-9-12(14)8-11-6-4-3-5-7-11/h3-7,12,16H,2,8-10H2,1H3/t12-,14+/m1/s1. The molecule has 1 aliphatic rings. The molecule has 1 saturated heterocycles. The third kappa shape index (κ3) is 2.53. The highest BCUT2D eigenvalue weighted by Crippen LogP contribution is 2.31. The molecule has 0 aliphatic carbocycles. The van der Waals surface area contributed by atoms with Gasteiger partial charge in [-0.05, 0) is 18.9 Å². The number of hydrogen-bond donors (Lipinski definition) is 1. The van der Waals surface area contributed by atoms with Crippen molar-refractivity contribution in [2.24, 2.45) is 5.92 Å². The summed E-state index contributed by atoms with van der Waals surface area (Å²) in [7, 11) is 0. The fraction of sp³-hybridized carbons (Fsp3) is 0.500. The Bertz CT molecular complexity index is 410. The first-order valence-corrected chi connectivity index (χ1v) is 6.27. The smallest absolute Gasteiger partial charge is 0.345 e. The first-order valence-electron chi connectivity index (χ1n) is 6.27. The predicted octanol–water partition coefficient (Wildman–Crippen LogP) is 1.72. The molecule has 1 fully saturated rings. The number of hydrogen-bond acceptors (Lipinski definition) is 3. The molecule has 1 heterocycles. The molecule has 18 heavy (non-hydrogen) atoms. The zero-order valence-corrected chi connectivity index (χ0v) is 10.5. The molecule has 2 rings (SSSR count). The SMILES string of the molecule is CCOC(=O)[C@]1(F)CNC[C@H]1Cc1ccccc1. The second-order valence-electron chi connectivity index (χ2n) is 4.60. The minimum Gasteiger partial charge on any atom is -0.464 e. The maximum Gasteiger partial charge on any atom is 0.345 e. The summed E-state index contributed by atoms with van der Waals surface area (Å²) in [5, 5.41) is 2.95. The number of ether oxygens (including phenoxy) is 1. The summed E-state index contributed by atoms with van der Waals surface area (Å²) >= 11 is 0. The number of alkyl halides is 1. The van der Waals surface area contributed by atoms with Gasteiger partial charge in [0.15, 0.2) is 0 Å². The third-order valence-corrected chi connectivity index (χ3v) is 3.36. The van der Waals surface area contributed by atoms with Crippen molar-refractivity contribution in [1.82, 2.24) is 5.32 Å². The largest absolute Gasteiger partial charge is 0.464 e. The summed E-state index contributed by atoms with van der Waals surface area (Å²) < 4.78 is 19.5. The molecule has 0 spiro atoms. The lowest BCUT2D eigenvalue weighted by Crippen LogP contribution is -2.44. The van der Waals surface area contributed by atoms with Crippen LogP contribution < -0.4 is 5.32 Å². The number of carbonyl (C=O) groups is 1. The van der Waals surface area contributed by atoms with E-state index in [0.29, 0.717) is 13.0 Å². The van der Waals surface area contributed by atoms with Crippen LogP contribution in [0.5, 0.6) is 0 Å². The lowest BCUT2D eigenvalue weighted by atomic mass is 9.87. The van der Waals surface area contributed by atoms with E-state index in [9.17, 15) is 9.18 Å². The van der Waals surface area contributed by atoms with E-state index >= 15 is 0 Å². The van der Waals surface area contributed by atoms with Crippen LogP contribution in [0.25, 0.3) is 0 Å². The number of halogens is 1. The van der Waals surface area contributed by atoms with Crippen molar-refractivity contribution in [2.75, 3.05) is 19.7 Å². The lowest BCUT2D eigenvalue weighted by Gasteiger charge is -2.24. The van der Waals surface area contributed by atoms with Crippen LogP contribution in [0.15, 0.2) is 30.3 Å². The maximum atomic E-state index is 14.7. The Morgan fingerprint density at radius 1 is 1.50 bits per heavy atom. The third-order valence-electron chi connectivity index (χ3n) is 3.36. The van der Waals surface area contributed by atoms with Gasteiger partial charge < -0.3 is 10.1 Å². The summed E-state index contributed by atoms with van der Waals surface area (Å²) in [6.45, 7) is 2.45. The van der Waals surface area contributed by atoms with E-state index in [1.165, 1.54) is 0 Å². The molecule has 4 heteroatoms. The van der Waals surface area contributed by atoms with Crippen molar-refractivity contribution in [2.45, 2.75) is 19.0 Å². The molecule has 1 aliphatic heterocycles. The van der Waals surface area contributed by atoms with Crippen LogP contribution in [0.1, 0.15) is 12.5 Å². The van der Waals surface area contributed by atoms with E-state index < -0.39 is 11.6 Å². The van der Waals surface area contributed by atoms with Crippen molar-refractivity contribution in [3.63, 3.8) is 0 Å². The van der Waals surface area contributed by atoms with Gasteiger partial charge in [0.2, 0.25) is 5.67 Å². The van der Waals surface area contributed by atoms with E-state index in [0.717, 1.165) is 5.56 Å². The lowest BCUT2D eigenvalue weighted by molar-refractivity contribution is -0.158. The minimum absolute atomic E-state index is 0.0450. The Kier molecular flexibility index (Phi) is 3.97. The van der Waals surface area contributed by atoms with Crippen molar-refractivity contribution in [1.29, 1.82) is 0 Å². The molecule has 98 valence electrons. The fourth-order valence-corrected chi connectivity index (χ4v) is 2.36. The van der Waals surface area contributed by atoms with Crippen LogP contribution in [0.3, 0.4) is 0 Å². The van der Waals surface area contributed by atoms with Gasteiger partial charge in [0, 0.05) is 19.0 Å². The van der Waals surface area contributed by atoms with Gasteiger partial charge in [0.1, 0.15) is 0 Å². The molecular weight excluding hydrogens is 233 g/mol. The maximum absolute atomic E-state index is 14.7. The van der Waals surface area contributed by atoms with Gasteiger partial charge in [-0.25, -0.2) is 9.18 Å². The Morgan fingerprint density at radius 3 is 2.89 bits per heavy atom. The van der Waals surface area contributed by atoms with Gasteiger partial charge in [0.25, 0.3) is 0 Å². The highest BCUT2D eigenvalue weighted by molar-refractivity contribution is 5.80. The number of nitrogens with one attached hydrogen (secondary N) is 1. The molecule has 0 amide bonds. The van der Waals surface area contributed by atoms with E-state index in [1.807, 2.05) is 30.3 Å². The minimum atomic E-state index is -1.90. The highest BCUT2D eigenvalue weighted by atomic mass is 19.1. The van der Waals surface area contributed by atoms with Crippen LogP contribution >= 0.6 is 0 Å². The fourth-order valence-electron chi connectivity index (χ4n) is 2.36. The molecule has 0 bridgehead atoms. The number of benzene rings is 1. The summed E-state index contributed by atoms with van der Waals surface area (Å²) in [6, 6.07) is 9.65. The van der Waals surface area contributed by atoms with E-state index in [2.05, 4.69) is 5.32 Å². The number of carbonyl (C=O) groups excluding carboxylic acids is 1. The van der Waals surface area contributed by atoms with Crippen molar-refractivity contribution < 1.29 is 13.9 Å². The Morgan fingerprint density at radius 2 is 2.22 bits per heavy atom. The molecular formula is C14H18FNO2. The monoisotopic (exact) mass is 251 g/mol. The molecule has 1 aromatic carbocycles. The average molecular weight is 251 g/mol. The first kappa shape index (κ1) is 13.0. The summed E-state index contributed by atoms with van der Waals surface area (Å²) in [5.41, 5.74) is -0.858. The molecule has 2 atom stereocenters. The van der Waals surface area contributed by atoms with Crippen molar-refractivity contribution in [3.8, 4) is 0 Å². The Labute approximate surface area is 106 Å². The van der Waals surface area contributed by atoms with Crippen molar-refractivity contribution >= 4 is 5.97 Å². The molecule has 1 aromatic rings. The summed E-state index contributed by atoms with van der Waals surface area (Å²) in [4.78, 5) is 11.7. The van der Waals surface area contributed by atoms with Crippen LogP contribution in [0, 0.1) is 5.92 Å². The van der Waals surface area contributed by atoms with E-state index in [1.54, 1.807) is 6.92 Å². The molecule has 0 aromatic heterocycles. The van der Waals surface area contributed by atoms with Gasteiger partial charge in [0.05, 0.1) is 6.61 Å². The first-order chi connectivity index (χ1) is 8.66. The molecule has 3 nitrogen and oxygen atoms in total. The quantitative estimate of drug-likeness (QED) is 0.828. The average Bonchev–Trinajstić information content (AvgIpc) is 2.74.